The fraction of sp³-hybridized carbons (Fsp3) is 0.375. The Hall–Kier alpha value is -2.14. The first-order chi connectivity index (χ1) is 10.3. The summed E-state index contributed by atoms with van der Waals surface area (Å²) >= 11 is 0. The minimum atomic E-state index is 0.249. The average molecular weight is 284 g/mol. The summed E-state index contributed by atoms with van der Waals surface area (Å²) in [7, 11) is 0. The van der Waals surface area contributed by atoms with Crippen molar-refractivity contribution in [2.75, 3.05) is 18.4 Å². The van der Waals surface area contributed by atoms with Crippen LogP contribution >= 0.6 is 0 Å². The topological polar surface area (TPSA) is 84.1 Å². The standard InChI is InChI=1S/C16H20N4O/c17-8-9-18-14-10-19-16(12-4-6-13(21)7-5-12)20-15(14)11-2-1-3-11/h4-7,10-11,18,21H,1-3,8-9,17H2. The lowest BCUT2D eigenvalue weighted by Gasteiger charge is -2.27. The first kappa shape index (κ1) is 13.8. The Morgan fingerprint density at radius 2 is 2.00 bits per heavy atom. The van der Waals surface area contributed by atoms with Gasteiger partial charge in [-0.1, -0.05) is 6.42 Å². The third-order valence-electron chi connectivity index (χ3n) is 3.90. The lowest BCUT2D eigenvalue weighted by Crippen LogP contribution is -2.18. The third kappa shape index (κ3) is 2.97. The van der Waals surface area contributed by atoms with E-state index in [0.29, 0.717) is 18.3 Å². The van der Waals surface area contributed by atoms with Gasteiger partial charge in [-0.15, -0.1) is 0 Å². The highest BCUT2D eigenvalue weighted by Gasteiger charge is 2.24. The van der Waals surface area contributed by atoms with E-state index in [0.717, 1.165) is 23.5 Å². The molecule has 1 fully saturated rings. The van der Waals surface area contributed by atoms with Gasteiger partial charge < -0.3 is 16.2 Å². The highest BCUT2D eigenvalue weighted by Crippen LogP contribution is 2.39. The van der Waals surface area contributed by atoms with Gasteiger partial charge in [-0.3, -0.25) is 0 Å². The number of aromatic hydroxyl groups is 1. The normalized spacial score (nSPS) is 14.7. The van der Waals surface area contributed by atoms with Crippen LogP contribution in [0.25, 0.3) is 11.4 Å². The van der Waals surface area contributed by atoms with Crippen LogP contribution in [0.15, 0.2) is 30.5 Å². The maximum absolute atomic E-state index is 9.37. The Morgan fingerprint density at radius 1 is 1.24 bits per heavy atom. The maximum Gasteiger partial charge on any atom is 0.159 e. The summed E-state index contributed by atoms with van der Waals surface area (Å²) in [6.45, 7) is 1.31. The van der Waals surface area contributed by atoms with Crippen LogP contribution in [-0.4, -0.2) is 28.2 Å². The van der Waals surface area contributed by atoms with E-state index >= 15 is 0 Å². The first-order valence-electron chi connectivity index (χ1n) is 7.38. The summed E-state index contributed by atoms with van der Waals surface area (Å²) in [4.78, 5) is 9.19. The van der Waals surface area contributed by atoms with Crippen molar-refractivity contribution in [1.29, 1.82) is 0 Å². The molecule has 0 amide bonds. The fourth-order valence-corrected chi connectivity index (χ4v) is 2.48. The van der Waals surface area contributed by atoms with E-state index < -0.39 is 0 Å². The summed E-state index contributed by atoms with van der Waals surface area (Å²) < 4.78 is 0. The Morgan fingerprint density at radius 3 is 2.62 bits per heavy atom. The molecule has 0 radical (unpaired) electrons. The number of nitrogens with zero attached hydrogens (tertiary/aromatic N) is 2. The van der Waals surface area contributed by atoms with Gasteiger partial charge in [0.05, 0.1) is 17.6 Å². The Balaban J connectivity index is 1.93. The van der Waals surface area contributed by atoms with Gasteiger partial charge in [0.25, 0.3) is 0 Å². The van der Waals surface area contributed by atoms with Crippen LogP contribution in [0.2, 0.25) is 0 Å². The van der Waals surface area contributed by atoms with Gasteiger partial charge in [0.15, 0.2) is 5.82 Å². The van der Waals surface area contributed by atoms with E-state index in [9.17, 15) is 5.11 Å². The predicted molar refractivity (Wildman–Crippen MR) is 83.3 cm³/mol. The fourth-order valence-electron chi connectivity index (χ4n) is 2.48. The summed E-state index contributed by atoms with van der Waals surface area (Å²) in [6, 6.07) is 6.98. The second-order valence-electron chi connectivity index (χ2n) is 5.38. The number of benzene rings is 1. The van der Waals surface area contributed by atoms with Crippen molar-refractivity contribution >= 4 is 5.69 Å². The number of nitrogens with one attached hydrogen (secondary N) is 1. The zero-order valence-corrected chi connectivity index (χ0v) is 11.9. The monoisotopic (exact) mass is 284 g/mol. The van der Waals surface area contributed by atoms with Crippen LogP contribution in [0.4, 0.5) is 5.69 Å². The molecule has 0 saturated heterocycles. The number of hydrogen-bond acceptors (Lipinski definition) is 5. The molecule has 4 N–H and O–H groups in total. The molecule has 0 aliphatic heterocycles. The zero-order chi connectivity index (χ0) is 14.7. The predicted octanol–water partition coefficient (Wildman–Crippen LogP) is 2.49. The van der Waals surface area contributed by atoms with Crippen molar-refractivity contribution < 1.29 is 5.11 Å². The molecule has 0 unspecified atom stereocenters. The summed E-state index contributed by atoms with van der Waals surface area (Å²) in [5.74, 6) is 1.47. The molecule has 2 aromatic rings. The van der Waals surface area contributed by atoms with E-state index in [1.165, 1.54) is 19.3 Å². The molecule has 1 heterocycles. The molecule has 1 aromatic carbocycles. The molecule has 3 rings (SSSR count). The molecule has 0 bridgehead atoms. The molecule has 1 aromatic heterocycles. The van der Waals surface area contributed by atoms with E-state index in [-0.39, 0.29) is 5.75 Å². The Labute approximate surface area is 124 Å². The van der Waals surface area contributed by atoms with Gasteiger partial charge >= 0.3 is 0 Å². The largest absolute Gasteiger partial charge is 0.508 e. The van der Waals surface area contributed by atoms with E-state index in [1.54, 1.807) is 12.1 Å². The van der Waals surface area contributed by atoms with Crippen LogP contribution in [0, 0.1) is 0 Å². The number of nitrogens with two attached hydrogens (primary N) is 1. The average Bonchev–Trinajstić information content (AvgIpc) is 2.45. The molecule has 110 valence electrons. The molecule has 1 saturated carbocycles. The molecule has 1 aliphatic rings. The van der Waals surface area contributed by atoms with Crippen molar-refractivity contribution in [3.05, 3.63) is 36.2 Å². The van der Waals surface area contributed by atoms with Crippen LogP contribution in [-0.2, 0) is 0 Å². The Bertz CT molecular complexity index is 608. The summed E-state index contributed by atoms with van der Waals surface area (Å²) in [5, 5.41) is 12.7. The second-order valence-corrected chi connectivity index (χ2v) is 5.38. The highest BCUT2D eigenvalue weighted by molar-refractivity contribution is 5.59. The van der Waals surface area contributed by atoms with Gasteiger partial charge in [-0.25, -0.2) is 9.97 Å². The molecule has 1 aliphatic carbocycles. The molecule has 0 spiro atoms. The maximum atomic E-state index is 9.37. The minimum Gasteiger partial charge on any atom is -0.508 e. The molecule has 21 heavy (non-hydrogen) atoms. The van der Waals surface area contributed by atoms with Gasteiger partial charge in [-0.05, 0) is 37.1 Å². The summed E-state index contributed by atoms with van der Waals surface area (Å²) in [6.07, 6.45) is 5.48. The number of phenolic OH excluding ortho intramolecular Hbond substituents is 1. The number of hydrogen-bond donors (Lipinski definition) is 3. The van der Waals surface area contributed by atoms with Crippen LogP contribution < -0.4 is 11.1 Å². The number of rotatable bonds is 5. The molecular formula is C16H20N4O. The molecule has 5 heteroatoms. The lowest BCUT2D eigenvalue weighted by atomic mass is 9.82. The molecule has 5 nitrogen and oxygen atoms in total. The second kappa shape index (κ2) is 6.10. The van der Waals surface area contributed by atoms with Gasteiger partial charge in [0, 0.05) is 24.6 Å². The quantitative estimate of drug-likeness (QED) is 0.785. The van der Waals surface area contributed by atoms with Crippen molar-refractivity contribution in [1.82, 2.24) is 9.97 Å². The van der Waals surface area contributed by atoms with Gasteiger partial charge in [0.1, 0.15) is 5.75 Å². The number of anilines is 1. The van der Waals surface area contributed by atoms with Crippen molar-refractivity contribution in [2.45, 2.75) is 25.2 Å². The van der Waals surface area contributed by atoms with Crippen LogP contribution in [0.3, 0.4) is 0 Å². The van der Waals surface area contributed by atoms with Gasteiger partial charge in [-0.2, -0.15) is 0 Å². The third-order valence-corrected chi connectivity index (χ3v) is 3.90. The van der Waals surface area contributed by atoms with E-state index in [2.05, 4.69) is 10.3 Å². The van der Waals surface area contributed by atoms with Crippen molar-refractivity contribution in [2.24, 2.45) is 5.73 Å². The molecular weight excluding hydrogens is 264 g/mol. The first-order valence-corrected chi connectivity index (χ1v) is 7.38. The Kier molecular flexibility index (Phi) is 4.01. The number of phenols is 1. The van der Waals surface area contributed by atoms with E-state index in [1.807, 2.05) is 18.3 Å². The smallest absolute Gasteiger partial charge is 0.159 e. The van der Waals surface area contributed by atoms with Crippen molar-refractivity contribution in [3.8, 4) is 17.1 Å². The molecule has 0 atom stereocenters. The SMILES string of the molecule is NCCNc1cnc(-c2ccc(O)cc2)nc1C1CCC1. The minimum absolute atomic E-state index is 0.249. The van der Waals surface area contributed by atoms with Crippen molar-refractivity contribution in [3.63, 3.8) is 0 Å². The van der Waals surface area contributed by atoms with Gasteiger partial charge in [0.2, 0.25) is 0 Å². The summed E-state index contributed by atoms with van der Waals surface area (Å²) in [5.41, 5.74) is 8.56. The van der Waals surface area contributed by atoms with Crippen LogP contribution in [0.5, 0.6) is 5.75 Å². The van der Waals surface area contributed by atoms with Crippen LogP contribution in [0.1, 0.15) is 30.9 Å². The lowest BCUT2D eigenvalue weighted by molar-refractivity contribution is 0.412. The number of aromatic nitrogens is 2. The zero-order valence-electron chi connectivity index (χ0n) is 11.9. The van der Waals surface area contributed by atoms with E-state index in [4.69, 9.17) is 10.7 Å². The highest BCUT2D eigenvalue weighted by atomic mass is 16.3.